The Labute approximate surface area is 95.5 Å². The van der Waals surface area contributed by atoms with E-state index in [9.17, 15) is 10.1 Å². The van der Waals surface area contributed by atoms with Crippen molar-refractivity contribution in [3.05, 3.63) is 45.5 Å². The van der Waals surface area contributed by atoms with Gasteiger partial charge < -0.3 is 5.11 Å². The lowest BCUT2D eigenvalue weighted by Gasteiger charge is -2.00. The normalized spacial score (nSPS) is 10.8. The van der Waals surface area contributed by atoms with Crippen LogP contribution in [0.25, 0.3) is 6.08 Å². The van der Waals surface area contributed by atoms with E-state index in [4.69, 9.17) is 5.11 Å². The molecule has 1 rings (SSSR count). The molecule has 0 fully saturated rings. The van der Waals surface area contributed by atoms with E-state index in [1.165, 1.54) is 6.07 Å². The average Bonchev–Trinajstić information content (AvgIpc) is 2.25. The molecule has 0 heterocycles. The van der Waals surface area contributed by atoms with Gasteiger partial charge >= 0.3 is 0 Å². The van der Waals surface area contributed by atoms with Gasteiger partial charge in [0.25, 0.3) is 5.69 Å². The first-order valence-electron chi connectivity index (χ1n) is 4.29. The number of alkyl halides is 1. The molecule has 4 nitrogen and oxygen atoms in total. The van der Waals surface area contributed by atoms with Crippen molar-refractivity contribution in [1.29, 1.82) is 0 Å². The SMILES string of the molecule is O=[N+]([O-])c1ccc(C=CCBr)cc1CO. The van der Waals surface area contributed by atoms with Crippen LogP contribution in [0.4, 0.5) is 5.69 Å². The molecule has 80 valence electrons. The van der Waals surface area contributed by atoms with E-state index in [-0.39, 0.29) is 12.3 Å². The van der Waals surface area contributed by atoms with Crippen LogP contribution in [-0.4, -0.2) is 15.4 Å². The molecule has 0 amide bonds. The van der Waals surface area contributed by atoms with Crippen LogP contribution < -0.4 is 0 Å². The van der Waals surface area contributed by atoms with Crippen molar-refractivity contribution in [3.63, 3.8) is 0 Å². The number of allylic oxidation sites excluding steroid dienone is 1. The van der Waals surface area contributed by atoms with Crippen LogP contribution in [0.3, 0.4) is 0 Å². The maximum Gasteiger partial charge on any atom is 0.274 e. The first-order chi connectivity index (χ1) is 7.19. The molecule has 15 heavy (non-hydrogen) atoms. The van der Waals surface area contributed by atoms with Crippen molar-refractivity contribution in [2.24, 2.45) is 0 Å². The Morgan fingerprint density at radius 3 is 2.80 bits per heavy atom. The van der Waals surface area contributed by atoms with Crippen LogP contribution in [0.1, 0.15) is 11.1 Å². The van der Waals surface area contributed by atoms with Gasteiger partial charge in [0, 0.05) is 11.4 Å². The zero-order chi connectivity index (χ0) is 11.3. The third kappa shape index (κ3) is 3.14. The fourth-order valence-electron chi connectivity index (χ4n) is 1.19. The van der Waals surface area contributed by atoms with Gasteiger partial charge in [-0.05, 0) is 17.7 Å². The Balaban J connectivity index is 3.07. The summed E-state index contributed by atoms with van der Waals surface area (Å²) in [7, 11) is 0. The van der Waals surface area contributed by atoms with Crippen molar-refractivity contribution in [1.82, 2.24) is 0 Å². The first kappa shape index (κ1) is 11.9. The number of nitro benzene ring substituents is 1. The number of hydrogen-bond donors (Lipinski definition) is 1. The Hall–Kier alpha value is -1.20. The second-order valence-corrected chi connectivity index (χ2v) is 3.51. The van der Waals surface area contributed by atoms with E-state index in [0.29, 0.717) is 5.56 Å². The highest BCUT2D eigenvalue weighted by Crippen LogP contribution is 2.20. The minimum Gasteiger partial charge on any atom is -0.391 e. The molecule has 0 unspecified atom stereocenters. The number of rotatable bonds is 4. The van der Waals surface area contributed by atoms with Gasteiger partial charge in [0.05, 0.1) is 17.1 Å². The number of nitrogens with zero attached hydrogens (tertiary/aromatic N) is 1. The maximum absolute atomic E-state index is 10.6. The van der Waals surface area contributed by atoms with E-state index in [1.807, 2.05) is 12.2 Å². The summed E-state index contributed by atoms with van der Waals surface area (Å²) >= 11 is 3.24. The zero-order valence-electron chi connectivity index (χ0n) is 7.89. The molecular formula is C10H10BrNO3. The molecule has 0 saturated heterocycles. The largest absolute Gasteiger partial charge is 0.391 e. The summed E-state index contributed by atoms with van der Waals surface area (Å²) in [6.07, 6.45) is 3.71. The molecule has 0 spiro atoms. The zero-order valence-corrected chi connectivity index (χ0v) is 9.48. The molecule has 5 heteroatoms. The van der Waals surface area contributed by atoms with E-state index in [2.05, 4.69) is 15.9 Å². The lowest BCUT2D eigenvalue weighted by atomic mass is 10.1. The number of benzene rings is 1. The smallest absolute Gasteiger partial charge is 0.274 e. The van der Waals surface area contributed by atoms with E-state index >= 15 is 0 Å². The second kappa shape index (κ2) is 5.63. The minimum atomic E-state index is -0.496. The van der Waals surface area contributed by atoms with E-state index < -0.39 is 4.92 Å². The summed E-state index contributed by atoms with van der Waals surface area (Å²) in [5, 5.41) is 20.3. The molecule has 1 N–H and O–H groups in total. The molecule has 0 aromatic heterocycles. The number of halogens is 1. The van der Waals surface area contributed by atoms with Gasteiger partial charge in [-0.25, -0.2) is 0 Å². The van der Waals surface area contributed by atoms with Gasteiger partial charge in [-0.1, -0.05) is 28.1 Å². The molecule has 1 aromatic rings. The quantitative estimate of drug-likeness (QED) is 0.520. The van der Waals surface area contributed by atoms with Crippen molar-refractivity contribution in [3.8, 4) is 0 Å². The predicted octanol–water partition coefficient (Wildman–Crippen LogP) is 2.50. The first-order valence-corrected chi connectivity index (χ1v) is 5.42. The van der Waals surface area contributed by atoms with E-state index in [1.54, 1.807) is 12.1 Å². The molecule has 1 aromatic carbocycles. The minimum absolute atomic E-state index is 0.0477. The number of hydrogen-bond acceptors (Lipinski definition) is 3. The van der Waals surface area contributed by atoms with Gasteiger partial charge in [0.15, 0.2) is 0 Å². The van der Waals surface area contributed by atoms with E-state index in [0.717, 1.165) is 10.9 Å². The molecule has 0 atom stereocenters. The van der Waals surface area contributed by atoms with Crippen LogP contribution in [-0.2, 0) is 6.61 Å². The number of aliphatic hydroxyl groups is 1. The highest BCUT2D eigenvalue weighted by molar-refractivity contribution is 9.09. The van der Waals surface area contributed by atoms with Gasteiger partial charge in [-0.15, -0.1) is 0 Å². The average molecular weight is 272 g/mol. The third-order valence-electron chi connectivity index (χ3n) is 1.87. The summed E-state index contributed by atoms with van der Waals surface area (Å²) in [6, 6.07) is 4.66. The molecule has 0 radical (unpaired) electrons. The second-order valence-electron chi connectivity index (χ2n) is 2.86. The van der Waals surface area contributed by atoms with Crippen molar-refractivity contribution in [2.45, 2.75) is 6.61 Å². The fraction of sp³-hybridized carbons (Fsp3) is 0.200. The van der Waals surface area contributed by atoms with Gasteiger partial charge in [-0.3, -0.25) is 10.1 Å². The van der Waals surface area contributed by atoms with Crippen LogP contribution >= 0.6 is 15.9 Å². The summed E-state index contributed by atoms with van der Waals surface area (Å²) < 4.78 is 0. The molecular weight excluding hydrogens is 262 g/mol. The Kier molecular flexibility index (Phi) is 4.45. The Morgan fingerprint density at radius 1 is 1.53 bits per heavy atom. The standard InChI is InChI=1S/C10H10BrNO3/c11-5-1-2-8-3-4-10(12(14)15)9(6-8)7-13/h1-4,6,13H,5,7H2. The number of aliphatic hydroxyl groups excluding tert-OH is 1. The molecule has 0 aliphatic carbocycles. The van der Waals surface area contributed by atoms with Gasteiger partial charge in [0.2, 0.25) is 0 Å². The van der Waals surface area contributed by atoms with Crippen LogP contribution in [0, 0.1) is 10.1 Å². The molecule has 0 aliphatic rings. The lowest BCUT2D eigenvalue weighted by molar-refractivity contribution is -0.385. The summed E-state index contributed by atoms with van der Waals surface area (Å²) in [4.78, 5) is 10.1. The third-order valence-corrected chi connectivity index (χ3v) is 2.24. The monoisotopic (exact) mass is 271 g/mol. The Bertz CT molecular complexity index is 390. The molecule has 0 bridgehead atoms. The summed E-state index contributed by atoms with van der Waals surface area (Å²) in [6.45, 7) is -0.327. The van der Waals surface area contributed by atoms with Crippen LogP contribution in [0.2, 0.25) is 0 Å². The van der Waals surface area contributed by atoms with Crippen LogP contribution in [0.15, 0.2) is 24.3 Å². The topological polar surface area (TPSA) is 63.4 Å². The predicted molar refractivity (Wildman–Crippen MR) is 61.8 cm³/mol. The summed E-state index contributed by atoms with van der Waals surface area (Å²) in [5.41, 5.74) is 1.12. The lowest BCUT2D eigenvalue weighted by Crippen LogP contribution is -1.95. The summed E-state index contributed by atoms with van der Waals surface area (Å²) in [5.74, 6) is 0. The fourth-order valence-corrected chi connectivity index (χ4v) is 1.38. The molecule has 0 saturated carbocycles. The maximum atomic E-state index is 10.6. The van der Waals surface area contributed by atoms with Gasteiger partial charge in [-0.2, -0.15) is 0 Å². The van der Waals surface area contributed by atoms with Crippen molar-refractivity contribution >= 4 is 27.7 Å². The van der Waals surface area contributed by atoms with Crippen molar-refractivity contribution in [2.75, 3.05) is 5.33 Å². The highest BCUT2D eigenvalue weighted by atomic mass is 79.9. The van der Waals surface area contributed by atoms with Crippen molar-refractivity contribution < 1.29 is 10.0 Å². The van der Waals surface area contributed by atoms with Gasteiger partial charge in [0.1, 0.15) is 0 Å². The Morgan fingerprint density at radius 2 is 2.27 bits per heavy atom. The highest BCUT2D eigenvalue weighted by Gasteiger charge is 2.11. The van der Waals surface area contributed by atoms with Crippen LogP contribution in [0.5, 0.6) is 0 Å². The molecule has 0 aliphatic heterocycles. The number of nitro groups is 1.